The van der Waals surface area contributed by atoms with Crippen molar-refractivity contribution in [3.8, 4) is 6.07 Å². The highest BCUT2D eigenvalue weighted by molar-refractivity contribution is 5.93. The number of rotatable bonds is 6. The average molecular weight is 383 g/mol. The number of hydrogen-bond donors (Lipinski definition) is 2. The third-order valence-electron chi connectivity index (χ3n) is 5.75. The summed E-state index contributed by atoms with van der Waals surface area (Å²) in [4.78, 5) is 12.6. The van der Waals surface area contributed by atoms with Crippen LogP contribution in [0.1, 0.15) is 67.5 Å². The van der Waals surface area contributed by atoms with Gasteiger partial charge in [-0.1, -0.05) is 32.1 Å². The summed E-state index contributed by atoms with van der Waals surface area (Å²) >= 11 is 0. The molecule has 0 aliphatic heterocycles. The standard InChI is InChI=1S/C22H30N4O2/c1-16-17(2)26(15-19-11-8-12-28-19)22(20(16)13-23)25-21(27)14-24-18-9-6-4-3-5-7-10-18/h8,11-12,18,24H,3-7,9-10,14-15H2,1-2H3,(H,25,27). The zero-order chi connectivity index (χ0) is 19.9. The molecule has 1 saturated carbocycles. The highest BCUT2D eigenvalue weighted by Crippen LogP contribution is 2.27. The molecule has 0 spiro atoms. The van der Waals surface area contributed by atoms with E-state index in [9.17, 15) is 10.1 Å². The van der Waals surface area contributed by atoms with E-state index in [1.54, 1.807) is 6.26 Å². The lowest BCUT2D eigenvalue weighted by atomic mass is 9.97. The Morgan fingerprint density at radius 1 is 1.25 bits per heavy atom. The van der Waals surface area contributed by atoms with Gasteiger partial charge >= 0.3 is 0 Å². The van der Waals surface area contributed by atoms with Crippen LogP contribution in [-0.4, -0.2) is 23.1 Å². The van der Waals surface area contributed by atoms with Crippen molar-refractivity contribution in [2.75, 3.05) is 11.9 Å². The molecule has 1 fully saturated rings. The van der Waals surface area contributed by atoms with Crippen molar-refractivity contribution in [1.29, 1.82) is 5.26 Å². The molecule has 1 amide bonds. The van der Waals surface area contributed by atoms with Gasteiger partial charge in [0.15, 0.2) is 0 Å². The van der Waals surface area contributed by atoms with E-state index in [0.717, 1.165) is 29.9 Å². The van der Waals surface area contributed by atoms with Crippen LogP contribution < -0.4 is 10.6 Å². The lowest BCUT2D eigenvalue weighted by Crippen LogP contribution is -2.37. The Labute approximate surface area is 166 Å². The van der Waals surface area contributed by atoms with Gasteiger partial charge in [0.1, 0.15) is 17.6 Å². The van der Waals surface area contributed by atoms with E-state index >= 15 is 0 Å². The Hall–Kier alpha value is -2.52. The van der Waals surface area contributed by atoms with Crippen LogP contribution in [0.25, 0.3) is 0 Å². The molecular formula is C22H30N4O2. The predicted octanol–water partition coefficient (Wildman–Crippen LogP) is 4.26. The van der Waals surface area contributed by atoms with E-state index in [0.29, 0.717) is 24.0 Å². The molecule has 0 aromatic carbocycles. The molecule has 28 heavy (non-hydrogen) atoms. The maximum atomic E-state index is 12.6. The monoisotopic (exact) mass is 382 g/mol. The van der Waals surface area contributed by atoms with E-state index in [4.69, 9.17) is 4.42 Å². The number of carbonyl (C=O) groups excluding carboxylic acids is 1. The van der Waals surface area contributed by atoms with Crippen LogP contribution in [0.5, 0.6) is 0 Å². The number of nitrogens with one attached hydrogen (secondary N) is 2. The van der Waals surface area contributed by atoms with Gasteiger partial charge in [-0.05, 0) is 44.4 Å². The topological polar surface area (TPSA) is 83.0 Å². The maximum absolute atomic E-state index is 12.6. The molecule has 0 unspecified atom stereocenters. The molecule has 2 aromatic heterocycles. The van der Waals surface area contributed by atoms with Gasteiger partial charge in [-0.2, -0.15) is 5.26 Å². The van der Waals surface area contributed by atoms with Crippen LogP contribution in [0.4, 0.5) is 5.82 Å². The van der Waals surface area contributed by atoms with Crippen molar-refractivity contribution in [3.63, 3.8) is 0 Å². The molecular weight excluding hydrogens is 352 g/mol. The highest BCUT2D eigenvalue weighted by Gasteiger charge is 2.21. The summed E-state index contributed by atoms with van der Waals surface area (Å²) in [6, 6.07) is 6.37. The fourth-order valence-corrected chi connectivity index (χ4v) is 3.96. The Kier molecular flexibility index (Phi) is 6.94. The summed E-state index contributed by atoms with van der Waals surface area (Å²) in [6.45, 7) is 4.61. The molecule has 6 nitrogen and oxygen atoms in total. The van der Waals surface area contributed by atoms with Gasteiger partial charge in [0.05, 0.1) is 24.9 Å². The fourth-order valence-electron chi connectivity index (χ4n) is 3.96. The highest BCUT2D eigenvalue weighted by atomic mass is 16.3. The molecule has 1 aliphatic rings. The lowest BCUT2D eigenvalue weighted by Gasteiger charge is -2.21. The smallest absolute Gasteiger partial charge is 0.239 e. The van der Waals surface area contributed by atoms with E-state index in [2.05, 4.69) is 16.7 Å². The van der Waals surface area contributed by atoms with Crippen molar-refractivity contribution in [2.24, 2.45) is 0 Å². The fraction of sp³-hybridized carbons (Fsp3) is 0.545. The average Bonchev–Trinajstić information content (AvgIpc) is 3.24. The molecule has 0 radical (unpaired) electrons. The first-order valence-corrected chi connectivity index (χ1v) is 10.3. The van der Waals surface area contributed by atoms with Crippen LogP contribution in [0, 0.1) is 25.2 Å². The third kappa shape index (κ3) is 4.85. The van der Waals surface area contributed by atoms with Gasteiger partial charge in [-0.3, -0.25) is 4.79 Å². The molecule has 0 atom stereocenters. The number of nitrogens with zero attached hydrogens (tertiary/aromatic N) is 2. The minimum Gasteiger partial charge on any atom is -0.467 e. The molecule has 0 bridgehead atoms. The first-order chi connectivity index (χ1) is 13.6. The van der Waals surface area contributed by atoms with Crippen LogP contribution in [0.3, 0.4) is 0 Å². The van der Waals surface area contributed by atoms with Gasteiger partial charge in [0.25, 0.3) is 0 Å². The predicted molar refractivity (Wildman–Crippen MR) is 109 cm³/mol. The normalized spacial score (nSPS) is 15.6. The van der Waals surface area contributed by atoms with Crippen LogP contribution in [0.15, 0.2) is 22.8 Å². The first kappa shape index (κ1) is 20.2. The number of hydrogen-bond acceptors (Lipinski definition) is 4. The van der Waals surface area contributed by atoms with Crippen molar-refractivity contribution in [3.05, 3.63) is 41.0 Å². The summed E-state index contributed by atoms with van der Waals surface area (Å²) < 4.78 is 7.40. The molecule has 3 rings (SSSR count). The van der Waals surface area contributed by atoms with Gasteiger partial charge in [0, 0.05) is 11.7 Å². The Morgan fingerprint density at radius 2 is 1.96 bits per heavy atom. The van der Waals surface area contributed by atoms with E-state index in [-0.39, 0.29) is 12.5 Å². The van der Waals surface area contributed by atoms with E-state index < -0.39 is 0 Å². The Bertz CT molecular complexity index is 822. The summed E-state index contributed by atoms with van der Waals surface area (Å²) in [5.41, 5.74) is 2.36. The first-order valence-electron chi connectivity index (χ1n) is 10.3. The van der Waals surface area contributed by atoms with E-state index in [1.807, 2.05) is 30.5 Å². The maximum Gasteiger partial charge on any atom is 0.239 e. The Morgan fingerprint density at radius 3 is 2.61 bits per heavy atom. The zero-order valence-corrected chi connectivity index (χ0v) is 16.9. The van der Waals surface area contributed by atoms with Crippen LogP contribution in [-0.2, 0) is 11.3 Å². The second-order valence-corrected chi connectivity index (χ2v) is 7.68. The van der Waals surface area contributed by atoms with Crippen LogP contribution in [0.2, 0.25) is 0 Å². The minimum atomic E-state index is -0.114. The third-order valence-corrected chi connectivity index (χ3v) is 5.75. The van der Waals surface area contributed by atoms with Gasteiger partial charge in [-0.15, -0.1) is 0 Å². The summed E-state index contributed by atoms with van der Waals surface area (Å²) in [5.74, 6) is 1.22. The molecule has 2 N–H and O–H groups in total. The quantitative estimate of drug-likeness (QED) is 0.782. The lowest BCUT2D eigenvalue weighted by molar-refractivity contribution is -0.115. The molecule has 1 aliphatic carbocycles. The minimum absolute atomic E-state index is 0.114. The van der Waals surface area contributed by atoms with Crippen LogP contribution >= 0.6 is 0 Å². The van der Waals surface area contributed by atoms with Crippen molar-refractivity contribution >= 4 is 11.7 Å². The number of carbonyl (C=O) groups is 1. The van der Waals surface area contributed by atoms with Gasteiger partial charge in [-0.25, -0.2) is 0 Å². The van der Waals surface area contributed by atoms with Crippen molar-refractivity contribution in [1.82, 2.24) is 9.88 Å². The second kappa shape index (κ2) is 9.61. The van der Waals surface area contributed by atoms with Crippen molar-refractivity contribution in [2.45, 2.75) is 71.4 Å². The largest absolute Gasteiger partial charge is 0.467 e. The molecule has 2 heterocycles. The van der Waals surface area contributed by atoms with E-state index in [1.165, 1.54) is 32.1 Å². The number of anilines is 1. The molecule has 150 valence electrons. The second-order valence-electron chi connectivity index (χ2n) is 7.68. The number of furan rings is 1. The SMILES string of the molecule is Cc1c(C#N)c(NC(=O)CNC2CCCCCCC2)n(Cc2ccco2)c1C. The molecule has 2 aromatic rings. The molecule has 6 heteroatoms. The van der Waals surface area contributed by atoms with Gasteiger partial charge in [0.2, 0.25) is 5.91 Å². The van der Waals surface area contributed by atoms with Gasteiger partial charge < -0.3 is 19.6 Å². The number of aromatic nitrogens is 1. The summed E-state index contributed by atoms with van der Waals surface area (Å²) in [7, 11) is 0. The number of nitriles is 1. The summed E-state index contributed by atoms with van der Waals surface area (Å²) in [6.07, 6.45) is 10.2. The van der Waals surface area contributed by atoms with Crippen molar-refractivity contribution < 1.29 is 9.21 Å². The summed E-state index contributed by atoms with van der Waals surface area (Å²) in [5, 5.41) is 16.0. The molecule has 0 saturated heterocycles. The number of amides is 1. The zero-order valence-electron chi connectivity index (χ0n) is 16.9. The Balaban J connectivity index is 1.69.